The molecule has 28 heavy (non-hydrogen) atoms. The molecule has 1 fully saturated rings. The fourth-order valence-electron chi connectivity index (χ4n) is 3.61. The summed E-state index contributed by atoms with van der Waals surface area (Å²) in [5.74, 6) is -1.10. The topological polar surface area (TPSA) is 72.3 Å². The predicted molar refractivity (Wildman–Crippen MR) is 104 cm³/mol. The number of rotatable bonds is 4. The summed E-state index contributed by atoms with van der Waals surface area (Å²) in [5, 5.41) is 11.0. The van der Waals surface area contributed by atoms with Crippen molar-refractivity contribution in [3.8, 4) is 5.75 Å². The average molecular weight is 403 g/mol. The lowest BCUT2D eigenvalue weighted by Crippen LogP contribution is -2.36. The Labute approximate surface area is 167 Å². The van der Waals surface area contributed by atoms with E-state index in [2.05, 4.69) is 9.97 Å². The number of carbonyl (C=O) groups is 1. The van der Waals surface area contributed by atoms with Crippen LogP contribution in [0.2, 0.25) is 5.02 Å². The highest BCUT2D eigenvalue weighted by molar-refractivity contribution is 6.35. The van der Waals surface area contributed by atoms with E-state index < -0.39 is 22.8 Å². The van der Waals surface area contributed by atoms with Crippen LogP contribution in [0.25, 0.3) is 11.3 Å². The summed E-state index contributed by atoms with van der Waals surface area (Å²) in [4.78, 5) is 21.7. The number of aromatic nitrogens is 2. The third-order valence-electron chi connectivity index (χ3n) is 5.54. The van der Waals surface area contributed by atoms with Crippen molar-refractivity contribution in [1.82, 2.24) is 9.97 Å². The molecule has 4 rings (SSSR count). The molecule has 1 N–H and O–H groups in total. The van der Waals surface area contributed by atoms with Crippen LogP contribution in [0.1, 0.15) is 50.1 Å². The molecule has 0 bridgehead atoms. The van der Waals surface area contributed by atoms with Crippen LogP contribution in [0, 0.1) is 11.7 Å². The number of carbonyl (C=O) groups excluding carboxylic acids is 1. The zero-order valence-corrected chi connectivity index (χ0v) is 16.4. The van der Waals surface area contributed by atoms with E-state index in [0.29, 0.717) is 18.2 Å². The van der Waals surface area contributed by atoms with Crippen molar-refractivity contribution < 1.29 is 19.0 Å². The van der Waals surface area contributed by atoms with Gasteiger partial charge in [-0.05, 0) is 44.7 Å². The molecule has 7 heteroatoms. The normalized spacial score (nSPS) is 18.6. The molecule has 0 amide bonds. The molecular weight excluding hydrogens is 383 g/mol. The highest BCUT2D eigenvalue weighted by Gasteiger charge is 2.45. The number of Topliss-reactive ketones (excluding diaryl/α,β-unsaturated/α-hetero) is 1. The van der Waals surface area contributed by atoms with Crippen LogP contribution in [-0.4, -0.2) is 27.5 Å². The molecule has 1 heterocycles. The van der Waals surface area contributed by atoms with Gasteiger partial charge in [0.05, 0.1) is 33.9 Å². The summed E-state index contributed by atoms with van der Waals surface area (Å²) in [5.41, 5.74) is -0.891. The van der Waals surface area contributed by atoms with Crippen molar-refractivity contribution in [3.05, 3.63) is 52.3 Å². The van der Waals surface area contributed by atoms with Crippen LogP contribution in [0.15, 0.2) is 24.5 Å². The monoisotopic (exact) mass is 402 g/mol. The number of hydrogen-bond acceptors (Lipinski definition) is 5. The first-order valence-electron chi connectivity index (χ1n) is 9.23. The Bertz CT molecular complexity index is 999. The van der Waals surface area contributed by atoms with E-state index in [-0.39, 0.29) is 27.6 Å². The van der Waals surface area contributed by atoms with E-state index in [1.807, 2.05) is 0 Å². The molecule has 0 aliphatic heterocycles. The van der Waals surface area contributed by atoms with Crippen molar-refractivity contribution in [3.63, 3.8) is 0 Å². The van der Waals surface area contributed by atoms with Crippen molar-refractivity contribution in [1.29, 1.82) is 0 Å². The molecule has 1 saturated carbocycles. The zero-order chi connectivity index (χ0) is 20.1. The largest absolute Gasteiger partial charge is 0.505 e. The van der Waals surface area contributed by atoms with Gasteiger partial charge in [0, 0.05) is 12.4 Å². The maximum absolute atomic E-state index is 14.9. The predicted octanol–water partition coefficient (Wildman–Crippen LogP) is 4.73. The number of hydrogen-bond donors (Lipinski definition) is 1. The fraction of sp³-hybridized carbons (Fsp3) is 0.381. The lowest BCUT2D eigenvalue weighted by Gasteiger charge is -2.31. The van der Waals surface area contributed by atoms with Crippen molar-refractivity contribution in [2.24, 2.45) is 5.92 Å². The Balaban J connectivity index is 1.90. The van der Waals surface area contributed by atoms with Crippen LogP contribution < -0.4 is 4.74 Å². The van der Waals surface area contributed by atoms with Gasteiger partial charge >= 0.3 is 0 Å². The number of halogens is 2. The number of nitrogens with zero attached hydrogens (tertiary/aromatic N) is 2. The first kappa shape index (κ1) is 18.9. The third kappa shape index (κ3) is 2.87. The van der Waals surface area contributed by atoms with Crippen LogP contribution >= 0.6 is 11.6 Å². The Kier molecular flexibility index (Phi) is 4.62. The molecule has 0 unspecified atom stereocenters. The summed E-state index contributed by atoms with van der Waals surface area (Å²) in [6.45, 7) is 3.73. The summed E-state index contributed by atoms with van der Waals surface area (Å²) in [6, 6.07) is 2.56. The number of benzene rings is 1. The first-order valence-corrected chi connectivity index (χ1v) is 9.61. The number of ketones is 1. The van der Waals surface area contributed by atoms with Gasteiger partial charge in [-0.3, -0.25) is 9.78 Å². The Morgan fingerprint density at radius 3 is 2.68 bits per heavy atom. The molecule has 2 aliphatic rings. The third-order valence-corrected chi connectivity index (χ3v) is 5.84. The second-order valence-electron chi connectivity index (χ2n) is 7.77. The minimum absolute atomic E-state index is 0.0756. The van der Waals surface area contributed by atoms with Gasteiger partial charge < -0.3 is 9.84 Å². The van der Waals surface area contributed by atoms with E-state index >= 15 is 0 Å². The quantitative estimate of drug-likeness (QED) is 0.800. The second kappa shape index (κ2) is 6.85. The SMILES string of the molecule is CC1(C)C(=O)C(c2c(F)ccc(Cl)c2OCC2CCC2)=C(O)c2nccnc21. The standard InChI is InChI=1S/C21H20ClFN2O3/c1-21(2)19-16(24-8-9-25-19)17(26)15(20(21)27)14-13(23)7-6-12(22)18(14)28-10-11-4-3-5-11/h6-9,11,26H,3-5,10H2,1-2H3. The summed E-state index contributed by atoms with van der Waals surface area (Å²) in [7, 11) is 0. The van der Waals surface area contributed by atoms with Crippen LogP contribution in [0.5, 0.6) is 5.75 Å². The van der Waals surface area contributed by atoms with Gasteiger partial charge in [0.2, 0.25) is 0 Å². The van der Waals surface area contributed by atoms with Gasteiger partial charge in [0.25, 0.3) is 0 Å². The molecule has 1 aromatic heterocycles. The molecule has 0 spiro atoms. The van der Waals surface area contributed by atoms with Crippen molar-refractivity contribution >= 4 is 28.7 Å². The van der Waals surface area contributed by atoms with E-state index in [4.69, 9.17) is 16.3 Å². The van der Waals surface area contributed by atoms with Gasteiger partial charge in [0.1, 0.15) is 17.3 Å². The molecule has 0 saturated heterocycles. The number of aliphatic hydroxyl groups excluding tert-OH is 1. The van der Waals surface area contributed by atoms with E-state index in [0.717, 1.165) is 19.3 Å². The highest BCUT2D eigenvalue weighted by Crippen LogP contribution is 2.46. The van der Waals surface area contributed by atoms with E-state index in [1.165, 1.54) is 24.5 Å². The number of fused-ring (bicyclic) bond motifs is 1. The Morgan fingerprint density at radius 2 is 2.00 bits per heavy atom. The summed E-state index contributed by atoms with van der Waals surface area (Å²) >= 11 is 6.30. The molecular formula is C21H20ClFN2O3. The van der Waals surface area contributed by atoms with Gasteiger partial charge in [-0.25, -0.2) is 9.37 Å². The van der Waals surface area contributed by atoms with Crippen molar-refractivity contribution in [2.45, 2.75) is 38.5 Å². The second-order valence-corrected chi connectivity index (χ2v) is 8.18. The fourth-order valence-corrected chi connectivity index (χ4v) is 3.83. The molecule has 146 valence electrons. The highest BCUT2D eigenvalue weighted by atomic mass is 35.5. The molecule has 0 radical (unpaired) electrons. The van der Waals surface area contributed by atoms with Crippen molar-refractivity contribution in [2.75, 3.05) is 6.61 Å². The van der Waals surface area contributed by atoms with Crippen LogP contribution in [-0.2, 0) is 10.2 Å². The van der Waals surface area contributed by atoms with Gasteiger partial charge in [-0.1, -0.05) is 18.0 Å². The Hall–Kier alpha value is -2.47. The van der Waals surface area contributed by atoms with E-state index in [1.54, 1.807) is 13.8 Å². The number of aliphatic hydroxyl groups is 1. The van der Waals surface area contributed by atoms with Crippen LogP contribution in [0.4, 0.5) is 4.39 Å². The number of ether oxygens (including phenoxy) is 1. The minimum atomic E-state index is -1.09. The van der Waals surface area contributed by atoms with Gasteiger partial charge in [0.15, 0.2) is 11.5 Å². The van der Waals surface area contributed by atoms with Gasteiger partial charge in [-0.15, -0.1) is 0 Å². The molecule has 2 aliphatic carbocycles. The summed E-state index contributed by atoms with van der Waals surface area (Å²) < 4.78 is 20.8. The summed E-state index contributed by atoms with van der Waals surface area (Å²) in [6.07, 6.45) is 6.11. The lowest BCUT2D eigenvalue weighted by atomic mass is 9.73. The molecule has 1 aromatic carbocycles. The molecule has 2 aromatic rings. The zero-order valence-electron chi connectivity index (χ0n) is 15.6. The smallest absolute Gasteiger partial charge is 0.179 e. The lowest BCUT2D eigenvalue weighted by molar-refractivity contribution is -0.118. The first-order chi connectivity index (χ1) is 13.3. The Morgan fingerprint density at radius 1 is 1.29 bits per heavy atom. The maximum Gasteiger partial charge on any atom is 0.179 e. The van der Waals surface area contributed by atoms with E-state index in [9.17, 15) is 14.3 Å². The van der Waals surface area contributed by atoms with Gasteiger partial charge in [-0.2, -0.15) is 0 Å². The minimum Gasteiger partial charge on any atom is -0.505 e. The molecule has 5 nitrogen and oxygen atoms in total. The average Bonchev–Trinajstić information content (AvgIpc) is 2.63. The maximum atomic E-state index is 14.9. The molecule has 0 atom stereocenters. The van der Waals surface area contributed by atoms with Crippen LogP contribution in [0.3, 0.4) is 0 Å². The number of allylic oxidation sites excluding steroid dienone is 1.